The topological polar surface area (TPSA) is 109 Å². The van der Waals surface area contributed by atoms with E-state index in [0.717, 1.165) is 43.2 Å². The van der Waals surface area contributed by atoms with Crippen LogP contribution in [0.1, 0.15) is 57.3 Å². The minimum Gasteiger partial charge on any atom is -0.438 e. The Morgan fingerprint density at radius 3 is 2.00 bits per heavy atom. The van der Waals surface area contributed by atoms with Crippen LogP contribution in [0.15, 0.2) is 105 Å². The van der Waals surface area contributed by atoms with E-state index in [-0.39, 0.29) is 23.6 Å². The van der Waals surface area contributed by atoms with Crippen LogP contribution in [-0.4, -0.2) is 19.9 Å². The van der Waals surface area contributed by atoms with Crippen LogP contribution in [0.25, 0.3) is 33.0 Å². The molecule has 3 aromatic carbocycles. The monoisotopic (exact) mass is 566 g/mol. The van der Waals surface area contributed by atoms with Crippen LogP contribution in [0.4, 0.5) is 0 Å². The fraction of sp³-hybridized carbons (Fsp3) is 0.303. The largest absolute Gasteiger partial charge is 0.438 e. The van der Waals surface area contributed by atoms with Gasteiger partial charge in [0.25, 0.3) is 0 Å². The van der Waals surface area contributed by atoms with Gasteiger partial charge in [0.2, 0.25) is 5.89 Å². The van der Waals surface area contributed by atoms with E-state index in [2.05, 4.69) is 15.9 Å². The zero-order valence-corrected chi connectivity index (χ0v) is 23.8. The number of azide groups is 1. The van der Waals surface area contributed by atoms with Gasteiger partial charge in [-0.1, -0.05) is 116 Å². The van der Waals surface area contributed by atoms with E-state index in [1.165, 1.54) is 0 Å². The molecule has 210 valence electrons. The highest BCUT2D eigenvalue weighted by atomic mass is 32.2. The van der Waals surface area contributed by atoms with Crippen molar-refractivity contribution in [1.29, 1.82) is 0 Å². The average Bonchev–Trinajstić information content (AvgIpc) is 3.47. The third-order valence-corrected chi connectivity index (χ3v) is 9.65. The zero-order chi connectivity index (χ0) is 29.0. The molecule has 7 nitrogen and oxygen atoms in total. The normalized spacial score (nSPS) is 12.7. The fourth-order valence-electron chi connectivity index (χ4n) is 5.04. The number of hydrogen-bond donors (Lipinski definition) is 0. The van der Waals surface area contributed by atoms with Gasteiger partial charge in [-0.3, -0.25) is 0 Å². The molecular formula is C33H34N4O3S. The lowest BCUT2D eigenvalue weighted by Crippen LogP contribution is -2.36. The third-order valence-electron chi connectivity index (χ3n) is 7.21. The molecule has 1 heterocycles. The van der Waals surface area contributed by atoms with E-state index in [1.54, 1.807) is 30.3 Å². The summed E-state index contributed by atoms with van der Waals surface area (Å²) in [5, 5.41) is 3.58. The Balaban J connectivity index is 1.76. The lowest BCUT2D eigenvalue weighted by molar-refractivity contribution is 0.377. The van der Waals surface area contributed by atoms with Crippen molar-refractivity contribution in [2.45, 2.75) is 61.0 Å². The van der Waals surface area contributed by atoms with Crippen LogP contribution in [0.3, 0.4) is 0 Å². The molecular weight excluding hydrogens is 532 g/mol. The molecule has 1 atom stereocenters. The highest BCUT2D eigenvalue weighted by Crippen LogP contribution is 2.45. The van der Waals surface area contributed by atoms with Crippen molar-refractivity contribution < 1.29 is 12.8 Å². The Bertz CT molecular complexity index is 1530. The second-order valence-corrected chi connectivity index (χ2v) is 12.2. The predicted molar refractivity (Wildman–Crippen MR) is 162 cm³/mol. The molecule has 41 heavy (non-hydrogen) atoms. The molecule has 0 aliphatic rings. The number of terminal acetylenes is 1. The Kier molecular flexibility index (Phi) is 10.4. The summed E-state index contributed by atoms with van der Waals surface area (Å²) in [6.45, 7) is 0.495. The van der Waals surface area contributed by atoms with Crippen molar-refractivity contribution in [2.75, 3.05) is 6.54 Å². The summed E-state index contributed by atoms with van der Waals surface area (Å²) in [4.78, 5) is 7.89. The lowest BCUT2D eigenvalue weighted by Gasteiger charge is -2.29. The molecule has 1 aromatic heterocycles. The van der Waals surface area contributed by atoms with Gasteiger partial charge in [0, 0.05) is 29.0 Å². The maximum absolute atomic E-state index is 14.5. The van der Waals surface area contributed by atoms with Gasteiger partial charge >= 0.3 is 0 Å². The van der Waals surface area contributed by atoms with Gasteiger partial charge in [-0.2, -0.15) is 0 Å². The first-order chi connectivity index (χ1) is 20.0. The first kappa shape index (κ1) is 29.7. The fourth-order valence-corrected chi connectivity index (χ4v) is 7.01. The van der Waals surface area contributed by atoms with E-state index in [1.807, 2.05) is 60.7 Å². The van der Waals surface area contributed by atoms with Crippen LogP contribution in [-0.2, 0) is 14.6 Å². The van der Waals surface area contributed by atoms with Gasteiger partial charge < -0.3 is 4.42 Å². The molecule has 0 radical (unpaired) electrons. The van der Waals surface area contributed by atoms with Crippen LogP contribution in [0.2, 0.25) is 0 Å². The maximum atomic E-state index is 14.5. The second kappa shape index (κ2) is 14.4. The minimum atomic E-state index is -4.00. The van der Waals surface area contributed by atoms with Crippen molar-refractivity contribution in [3.05, 3.63) is 107 Å². The summed E-state index contributed by atoms with van der Waals surface area (Å²) in [6, 6.07) is 27.6. The molecule has 8 heteroatoms. The summed E-state index contributed by atoms with van der Waals surface area (Å²) in [6.07, 6.45) is 11.3. The van der Waals surface area contributed by atoms with Gasteiger partial charge in [0.1, 0.15) is 5.69 Å². The van der Waals surface area contributed by atoms with Gasteiger partial charge in [0.05, 0.1) is 4.90 Å². The van der Waals surface area contributed by atoms with Crippen molar-refractivity contribution >= 4 is 9.84 Å². The van der Waals surface area contributed by atoms with Crippen LogP contribution in [0.5, 0.6) is 0 Å². The van der Waals surface area contributed by atoms with Crippen molar-refractivity contribution in [1.82, 2.24) is 4.98 Å². The summed E-state index contributed by atoms with van der Waals surface area (Å²) in [7, 11) is -4.00. The Hall–Kier alpha value is -4.31. The summed E-state index contributed by atoms with van der Waals surface area (Å²) >= 11 is 0. The van der Waals surface area contributed by atoms with Gasteiger partial charge in [0.15, 0.2) is 20.3 Å². The highest BCUT2D eigenvalue weighted by molar-refractivity contribution is 7.92. The van der Waals surface area contributed by atoms with Crippen molar-refractivity contribution in [3.63, 3.8) is 0 Å². The molecule has 0 spiro atoms. The second-order valence-electron chi connectivity index (χ2n) is 9.95. The number of unbranched alkanes of at least 4 members (excludes halogenated alkanes) is 5. The molecule has 0 bridgehead atoms. The van der Waals surface area contributed by atoms with E-state index in [4.69, 9.17) is 21.4 Å². The van der Waals surface area contributed by atoms with Crippen LogP contribution >= 0.6 is 0 Å². The molecule has 0 amide bonds. The Morgan fingerprint density at radius 1 is 0.829 bits per heavy atom. The summed E-state index contributed by atoms with van der Waals surface area (Å²) < 4.78 is 33.9. The number of aromatic nitrogens is 1. The third kappa shape index (κ3) is 6.89. The summed E-state index contributed by atoms with van der Waals surface area (Å²) in [5.74, 6) is 3.28. The lowest BCUT2D eigenvalue weighted by atomic mass is 9.96. The average molecular weight is 567 g/mol. The minimum absolute atomic E-state index is 0.0701. The standard InChI is InChI=1S/C33H34N4O3S/c1-2-24-33(41(38,39)29-22-14-9-15-23-29,25-16-5-3-4-6-17-26-35-37-34)32-36-30(27-18-10-7-11-19-27)31(40-32)28-20-12-8-13-21-28/h1,7-15,18-23H,3-6,16-17,24-26H2. The molecule has 0 saturated heterocycles. The number of nitrogens with zero attached hydrogens (tertiary/aromatic N) is 4. The van der Waals surface area contributed by atoms with E-state index < -0.39 is 14.6 Å². The molecule has 0 fully saturated rings. The molecule has 4 rings (SSSR count). The Labute approximate surface area is 242 Å². The van der Waals surface area contributed by atoms with Gasteiger partial charge in [-0.15, -0.1) is 12.3 Å². The quantitative estimate of drug-likeness (QED) is 0.0471. The highest BCUT2D eigenvalue weighted by Gasteiger charge is 2.50. The number of sulfone groups is 1. The van der Waals surface area contributed by atoms with Crippen LogP contribution in [0, 0.1) is 12.3 Å². The number of rotatable bonds is 15. The number of hydrogen-bond acceptors (Lipinski definition) is 5. The first-order valence-corrected chi connectivity index (χ1v) is 15.4. The molecule has 1 unspecified atom stereocenters. The van der Waals surface area contributed by atoms with E-state index in [9.17, 15) is 8.42 Å². The predicted octanol–water partition coefficient (Wildman–Crippen LogP) is 8.74. The van der Waals surface area contributed by atoms with E-state index >= 15 is 0 Å². The smallest absolute Gasteiger partial charge is 0.218 e. The Morgan fingerprint density at radius 2 is 1.39 bits per heavy atom. The number of benzene rings is 3. The molecule has 4 aromatic rings. The SMILES string of the molecule is C#CCC(CCCCCCCCN=[N+]=[N-])(c1nc(-c2ccccc2)c(-c2ccccc2)o1)S(=O)(=O)c1ccccc1. The van der Waals surface area contributed by atoms with Crippen molar-refractivity contribution in [3.8, 4) is 34.9 Å². The first-order valence-electron chi connectivity index (χ1n) is 13.9. The number of oxazole rings is 1. The molecule has 0 aliphatic carbocycles. The molecule has 0 N–H and O–H groups in total. The molecule has 0 saturated carbocycles. The van der Waals surface area contributed by atoms with Crippen LogP contribution < -0.4 is 0 Å². The van der Waals surface area contributed by atoms with E-state index in [0.29, 0.717) is 24.4 Å². The molecule has 0 aliphatic heterocycles. The maximum Gasteiger partial charge on any atom is 0.218 e. The van der Waals surface area contributed by atoms with Gasteiger partial charge in [-0.05, 0) is 30.5 Å². The zero-order valence-electron chi connectivity index (χ0n) is 23.0. The van der Waals surface area contributed by atoms with Crippen molar-refractivity contribution in [2.24, 2.45) is 5.11 Å². The van der Waals surface area contributed by atoms with Gasteiger partial charge in [-0.25, -0.2) is 13.4 Å². The summed E-state index contributed by atoms with van der Waals surface area (Å²) in [5.41, 5.74) is 10.6.